The average molecular weight is 268 g/mol. The maximum absolute atomic E-state index is 12.2. The van der Waals surface area contributed by atoms with Gasteiger partial charge in [0, 0.05) is 0 Å². The molecule has 102 valence electrons. The summed E-state index contributed by atoms with van der Waals surface area (Å²) in [5, 5.41) is 12.1. The summed E-state index contributed by atoms with van der Waals surface area (Å²) < 4.78 is 0. The van der Waals surface area contributed by atoms with Crippen LogP contribution < -0.4 is 5.32 Å². The van der Waals surface area contributed by atoms with Gasteiger partial charge in [-0.2, -0.15) is 5.26 Å². The summed E-state index contributed by atoms with van der Waals surface area (Å²) >= 11 is 0. The molecule has 0 aliphatic heterocycles. The van der Waals surface area contributed by atoms with Gasteiger partial charge in [-0.1, -0.05) is 25.0 Å². The van der Waals surface area contributed by atoms with E-state index in [4.69, 9.17) is 0 Å². The molecule has 1 aliphatic rings. The highest BCUT2D eigenvalue weighted by molar-refractivity contribution is 5.85. The molecule has 2 N–H and O–H groups in total. The van der Waals surface area contributed by atoms with Crippen molar-refractivity contribution < 1.29 is 4.79 Å². The second-order valence-electron chi connectivity index (χ2n) is 5.28. The molecule has 1 saturated carbocycles. The van der Waals surface area contributed by atoms with Crippen molar-refractivity contribution in [2.24, 2.45) is 5.41 Å². The number of nitriles is 1. The van der Waals surface area contributed by atoms with Crippen molar-refractivity contribution in [2.75, 3.05) is 0 Å². The van der Waals surface area contributed by atoms with Crippen LogP contribution in [0.15, 0.2) is 24.3 Å². The molecule has 0 radical (unpaired) electrons. The van der Waals surface area contributed by atoms with Gasteiger partial charge in [-0.05, 0) is 25.0 Å². The molecule has 5 heteroatoms. The molecule has 1 aromatic carbocycles. The Labute approximate surface area is 117 Å². The van der Waals surface area contributed by atoms with Gasteiger partial charge < -0.3 is 10.3 Å². The highest BCUT2D eigenvalue weighted by Gasteiger charge is 2.41. The van der Waals surface area contributed by atoms with Crippen LogP contribution in [0.1, 0.15) is 31.5 Å². The van der Waals surface area contributed by atoms with Crippen LogP contribution >= 0.6 is 0 Å². The van der Waals surface area contributed by atoms with Crippen LogP contribution in [0.5, 0.6) is 0 Å². The molecule has 0 unspecified atom stereocenters. The number of rotatable bonds is 3. The number of hydrogen-bond donors (Lipinski definition) is 2. The minimum absolute atomic E-state index is 0.169. The normalized spacial score (nSPS) is 16.9. The van der Waals surface area contributed by atoms with E-state index < -0.39 is 5.41 Å². The van der Waals surface area contributed by atoms with Crippen molar-refractivity contribution in [1.82, 2.24) is 15.3 Å². The molecule has 0 atom stereocenters. The second kappa shape index (κ2) is 4.97. The van der Waals surface area contributed by atoms with E-state index in [0.29, 0.717) is 25.2 Å². The van der Waals surface area contributed by atoms with Gasteiger partial charge in [0.15, 0.2) is 0 Å². The maximum atomic E-state index is 12.2. The van der Waals surface area contributed by atoms with Crippen LogP contribution in [0.2, 0.25) is 0 Å². The fourth-order valence-corrected chi connectivity index (χ4v) is 2.79. The first-order valence-corrected chi connectivity index (χ1v) is 6.87. The molecule has 0 spiro atoms. The Morgan fingerprint density at radius 1 is 1.40 bits per heavy atom. The van der Waals surface area contributed by atoms with Crippen molar-refractivity contribution in [3.8, 4) is 6.07 Å². The van der Waals surface area contributed by atoms with Crippen LogP contribution in [-0.4, -0.2) is 15.9 Å². The highest BCUT2D eigenvalue weighted by Crippen LogP contribution is 2.37. The zero-order valence-electron chi connectivity index (χ0n) is 11.1. The van der Waals surface area contributed by atoms with Crippen LogP contribution in [0.4, 0.5) is 0 Å². The monoisotopic (exact) mass is 268 g/mol. The topological polar surface area (TPSA) is 81.6 Å². The Morgan fingerprint density at radius 2 is 2.15 bits per heavy atom. The number of aromatic nitrogens is 2. The smallest absolute Gasteiger partial charge is 0.240 e. The summed E-state index contributed by atoms with van der Waals surface area (Å²) in [6.45, 7) is 0.330. The van der Waals surface area contributed by atoms with Crippen molar-refractivity contribution >= 4 is 16.9 Å². The van der Waals surface area contributed by atoms with Gasteiger partial charge >= 0.3 is 0 Å². The van der Waals surface area contributed by atoms with Crippen molar-refractivity contribution in [2.45, 2.75) is 32.2 Å². The third-order valence-corrected chi connectivity index (χ3v) is 3.96. The Morgan fingerprint density at radius 3 is 2.85 bits per heavy atom. The summed E-state index contributed by atoms with van der Waals surface area (Å²) in [7, 11) is 0. The number of H-pyrrole nitrogens is 1. The maximum Gasteiger partial charge on any atom is 0.240 e. The standard InChI is InChI=1S/C15H16N4O/c16-10-15(7-3-4-8-15)14(20)17-9-13-18-11-5-1-2-6-12(11)19-13/h1-2,5-6H,3-4,7-9H2,(H,17,20)(H,18,19). The number of aromatic amines is 1. The first kappa shape index (κ1) is 12.7. The van der Waals surface area contributed by atoms with E-state index in [-0.39, 0.29) is 5.91 Å². The fourth-order valence-electron chi connectivity index (χ4n) is 2.79. The number of carbonyl (C=O) groups is 1. The van der Waals surface area contributed by atoms with Gasteiger partial charge in [0.25, 0.3) is 0 Å². The third-order valence-electron chi connectivity index (χ3n) is 3.96. The summed E-state index contributed by atoms with van der Waals surface area (Å²) in [5.41, 5.74) is 1.01. The van der Waals surface area contributed by atoms with E-state index in [0.717, 1.165) is 23.9 Å². The number of nitrogens with one attached hydrogen (secondary N) is 2. The van der Waals surface area contributed by atoms with E-state index in [1.54, 1.807) is 0 Å². The zero-order valence-corrected chi connectivity index (χ0v) is 11.1. The number of amides is 1. The molecule has 3 rings (SSSR count). The largest absolute Gasteiger partial charge is 0.347 e. The van der Waals surface area contributed by atoms with E-state index in [2.05, 4.69) is 21.4 Å². The number of imidazole rings is 1. The van der Waals surface area contributed by atoms with Gasteiger partial charge in [0.05, 0.1) is 23.6 Å². The summed E-state index contributed by atoms with van der Waals surface area (Å²) in [6, 6.07) is 9.93. The molecule has 1 amide bonds. The molecule has 1 aliphatic carbocycles. The molecule has 1 fully saturated rings. The molecular weight excluding hydrogens is 252 g/mol. The Kier molecular flexibility index (Phi) is 3.15. The van der Waals surface area contributed by atoms with Gasteiger partial charge in [0.1, 0.15) is 11.2 Å². The van der Waals surface area contributed by atoms with E-state index >= 15 is 0 Å². The van der Waals surface area contributed by atoms with Crippen molar-refractivity contribution in [3.05, 3.63) is 30.1 Å². The predicted molar refractivity (Wildman–Crippen MR) is 74.5 cm³/mol. The van der Waals surface area contributed by atoms with Crippen molar-refractivity contribution in [1.29, 1.82) is 5.26 Å². The Balaban J connectivity index is 1.70. The first-order chi connectivity index (χ1) is 9.73. The number of carbonyl (C=O) groups excluding carboxylic acids is 1. The van der Waals surface area contributed by atoms with Crippen molar-refractivity contribution in [3.63, 3.8) is 0 Å². The molecular formula is C15H16N4O. The SMILES string of the molecule is N#CC1(C(=O)NCc2nc3ccccc3[nH]2)CCCC1. The highest BCUT2D eigenvalue weighted by atomic mass is 16.2. The van der Waals surface area contributed by atoms with Crippen LogP contribution in [0, 0.1) is 16.7 Å². The lowest BCUT2D eigenvalue weighted by Gasteiger charge is -2.18. The van der Waals surface area contributed by atoms with Gasteiger partial charge in [-0.15, -0.1) is 0 Å². The molecule has 2 aromatic rings. The molecule has 1 heterocycles. The third kappa shape index (κ3) is 2.14. The van der Waals surface area contributed by atoms with Crippen LogP contribution in [-0.2, 0) is 11.3 Å². The van der Waals surface area contributed by atoms with Crippen LogP contribution in [0.25, 0.3) is 11.0 Å². The molecule has 0 saturated heterocycles. The Hall–Kier alpha value is -2.35. The lowest BCUT2D eigenvalue weighted by Crippen LogP contribution is -2.38. The first-order valence-electron chi connectivity index (χ1n) is 6.87. The number of fused-ring (bicyclic) bond motifs is 1. The molecule has 0 bridgehead atoms. The van der Waals surface area contributed by atoms with Crippen LogP contribution in [0.3, 0.4) is 0 Å². The lowest BCUT2D eigenvalue weighted by molar-refractivity contribution is -0.128. The summed E-state index contributed by atoms with van der Waals surface area (Å²) in [5.74, 6) is 0.545. The Bertz CT molecular complexity index is 643. The number of nitrogens with zero attached hydrogens (tertiary/aromatic N) is 2. The number of para-hydroxylation sites is 2. The molecule has 20 heavy (non-hydrogen) atoms. The second-order valence-corrected chi connectivity index (χ2v) is 5.28. The average Bonchev–Trinajstić information content (AvgIpc) is 3.11. The van der Waals surface area contributed by atoms with E-state index in [9.17, 15) is 10.1 Å². The minimum Gasteiger partial charge on any atom is -0.347 e. The fraction of sp³-hybridized carbons (Fsp3) is 0.400. The quantitative estimate of drug-likeness (QED) is 0.895. The van der Waals surface area contributed by atoms with Gasteiger partial charge in [-0.25, -0.2) is 4.98 Å². The lowest BCUT2D eigenvalue weighted by atomic mass is 9.87. The van der Waals surface area contributed by atoms with E-state index in [1.165, 1.54) is 0 Å². The predicted octanol–water partition coefficient (Wildman–Crippen LogP) is 2.26. The molecule has 1 aromatic heterocycles. The molecule has 5 nitrogen and oxygen atoms in total. The van der Waals surface area contributed by atoms with Gasteiger partial charge in [-0.3, -0.25) is 4.79 Å². The number of benzene rings is 1. The zero-order chi connectivity index (χ0) is 14.0. The summed E-state index contributed by atoms with van der Waals surface area (Å²) in [4.78, 5) is 19.8. The van der Waals surface area contributed by atoms with E-state index in [1.807, 2.05) is 24.3 Å². The summed E-state index contributed by atoms with van der Waals surface area (Å²) in [6.07, 6.45) is 3.22. The number of hydrogen-bond acceptors (Lipinski definition) is 3. The van der Waals surface area contributed by atoms with Gasteiger partial charge in [0.2, 0.25) is 5.91 Å². The minimum atomic E-state index is -0.827.